The number of amides is 2. The number of halogens is 1. The first-order chi connectivity index (χ1) is 11.2. The smallest absolute Gasteiger partial charge is 0.225 e. The van der Waals surface area contributed by atoms with Crippen molar-refractivity contribution in [2.75, 3.05) is 50.7 Å². The third-order valence-corrected chi connectivity index (χ3v) is 4.54. The number of nitrogens with one attached hydrogen (secondary N) is 2. The van der Waals surface area contributed by atoms with Crippen molar-refractivity contribution >= 4 is 29.9 Å². The van der Waals surface area contributed by atoms with E-state index in [9.17, 15) is 9.59 Å². The molecule has 0 spiro atoms. The number of rotatable bonds is 5. The van der Waals surface area contributed by atoms with E-state index in [-0.39, 0.29) is 30.1 Å². The molecular weight excluding hydrogens is 328 g/mol. The molecule has 0 atom stereocenters. The summed E-state index contributed by atoms with van der Waals surface area (Å²) in [5.74, 6) is 0.273. The highest BCUT2D eigenvalue weighted by atomic mass is 35.5. The van der Waals surface area contributed by atoms with Crippen molar-refractivity contribution in [1.82, 2.24) is 15.5 Å². The summed E-state index contributed by atoms with van der Waals surface area (Å²) in [4.78, 5) is 28.1. The molecule has 2 amide bonds. The number of piperazine rings is 1. The highest BCUT2D eigenvalue weighted by molar-refractivity contribution is 5.85. The van der Waals surface area contributed by atoms with Gasteiger partial charge in [-0.1, -0.05) is 18.2 Å². The van der Waals surface area contributed by atoms with Gasteiger partial charge in [-0.15, -0.1) is 12.4 Å². The predicted molar refractivity (Wildman–Crippen MR) is 96.5 cm³/mol. The van der Waals surface area contributed by atoms with Gasteiger partial charge in [-0.2, -0.15) is 0 Å². The number of anilines is 1. The molecule has 2 aliphatic heterocycles. The van der Waals surface area contributed by atoms with Gasteiger partial charge in [0.25, 0.3) is 0 Å². The van der Waals surface area contributed by atoms with Crippen LogP contribution in [-0.2, 0) is 9.59 Å². The summed E-state index contributed by atoms with van der Waals surface area (Å²) >= 11 is 0. The number of nitrogens with zero attached hydrogens (tertiary/aromatic N) is 2. The van der Waals surface area contributed by atoms with Crippen molar-refractivity contribution in [3.8, 4) is 0 Å². The lowest BCUT2D eigenvalue weighted by Gasteiger charge is -2.36. The predicted octanol–water partition coefficient (Wildman–Crippen LogP) is 0.483. The van der Waals surface area contributed by atoms with Crippen LogP contribution in [0.5, 0.6) is 0 Å². The molecule has 0 unspecified atom stereocenters. The Morgan fingerprint density at radius 2 is 1.75 bits per heavy atom. The fraction of sp³-hybridized carbons (Fsp3) is 0.529. The van der Waals surface area contributed by atoms with Crippen molar-refractivity contribution < 1.29 is 9.59 Å². The normalized spacial score (nSPS) is 17.7. The summed E-state index contributed by atoms with van der Waals surface area (Å²) in [5.41, 5.74) is 1.21. The van der Waals surface area contributed by atoms with Crippen LogP contribution in [0.1, 0.15) is 6.42 Å². The third kappa shape index (κ3) is 4.61. The van der Waals surface area contributed by atoms with Crippen LogP contribution in [0.2, 0.25) is 0 Å². The van der Waals surface area contributed by atoms with Crippen molar-refractivity contribution in [2.45, 2.75) is 6.42 Å². The van der Waals surface area contributed by atoms with Crippen molar-refractivity contribution in [2.24, 2.45) is 5.92 Å². The topological polar surface area (TPSA) is 64.7 Å². The second kappa shape index (κ2) is 8.89. The Hall–Kier alpha value is -1.79. The van der Waals surface area contributed by atoms with E-state index in [0.29, 0.717) is 13.0 Å². The minimum Gasteiger partial charge on any atom is -0.368 e. The zero-order valence-electron chi connectivity index (χ0n) is 13.7. The number of hydrogen-bond acceptors (Lipinski definition) is 4. The maximum absolute atomic E-state index is 12.2. The fourth-order valence-electron chi connectivity index (χ4n) is 2.92. The lowest BCUT2D eigenvalue weighted by molar-refractivity contribution is -0.131. The van der Waals surface area contributed by atoms with Crippen molar-refractivity contribution in [3.63, 3.8) is 0 Å². The van der Waals surface area contributed by atoms with E-state index in [1.54, 1.807) is 0 Å². The van der Waals surface area contributed by atoms with E-state index in [1.807, 2.05) is 23.1 Å². The van der Waals surface area contributed by atoms with Gasteiger partial charge in [-0.3, -0.25) is 9.59 Å². The van der Waals surface area contributed by atoms with Crippen molar-refractivity contribution in [1.29, 1.82) is 0 Å². The largest absolute Gasteiger partial charge is 0.368 e. The summed E-state index contributed by atoms with van der Waals surface area (Å²) in [7, 11) is 0. The SMILES string of the molecule is Cl.O=C(NCCC(=O)N1CCN(c2ccccc2)CC1)C1CNC1. The number of benzene rings is 1. The van der Waals surface area contributed by atoms with Crippen LogP contribution in [0.4, 0.5) is 5.69 Å². The molecular formula is C17H25ClN4O2. The van der Waals surface area contributed by atoms with E-state index >= 15 is 0 Å². The maximum atomic E-state index is 12.2. The number of para-hydroxylation sites is 1. The molecule has 2 N–H and O–H groups in total. The second-order valence-corrected chi connectivity index (χ2v) is 6.10. The third-order valence-electron chi connectivity index (χ3n) is 4.54. The average Bonchev–Trinajstić information content (AvgIpc) is 2.54. The maximum Gasteiger partial charge on any atom is 0.225 e. The zero-order valence-corrected chi connectivity index (χ0v) is 14.6. The van der Waals surface area contributed by atoms with Crippen LogP contribution >= 0.6 is 12.4 Å². The van der Waals surface area contributed by atoms with Gasteiger partial charge in [0.2, 0.25) is 11.8 Å². The lowest BCUT2D eigenvalue weighted by Crippen LogP contribution is -2.52. The Labute approximate surface area is 149 Å². The van der Waals surface area contributed by atoms with Gasteiger partial charge in [-0.25, -0.2) is 0 Å². The van der Waals surface area contributed by atoms with Gasteiger partial charge in [-0.05, 0) is 12.1 Å². The molecule has 2 heterocycles. The number of hydrogen-bond donors (Lipinski definition) is 2. The lowest BCUT2D eigenvalue weighted by atomic mass is 10.0. The molecule has 6 nitrogen and oxygen atoms in total. The summed E-state index contributed by atoms with van der Waals surface area (Å²) < 4.78 is 0. The molecule has 1 aromatic rings. The minimum atomic E-state index is 0. The van der Waals surface area contributed by atoms with E-state index in [4.69, 9.17) is 0 Å². The Morgan fingerprint density at radius 3 is 2.33 bits per heavy atom. The molecule has 132 valence electrons. The van der Waals surface area contributed by atoms with Crippen LogP contribution in [0.25, 0.3) is 0 Å². The molecule has 0 aromatic heterocycles. The minimum absolute atomic E-state index is 0. The molecule has 7 heteroatoms. The van der Waals surface area contributed by atoms with Crippen LogP contribution in [-0.4, -0.2) is 62.5 Å². The van der Waals surface area contributed by atoms with Crippen LogP contribution in [0, 0.1) is 5.92 Å². The Kier molecular flexibility index (Phi) is 6.87. The molecule has 2 fully saturated rings. The Bertz CT molecular complexity index is 543. The molecule has 2 aliphatic rings. The summed E-state index contributed by atoms with van der Waals surface area (Å²) in [6.07, 6.45) is 0.386. The molecule has 0 aliphatic carbocycles. The molecule has 24 heavy (non-hydrogen) atoms. The quantitative estimate of drug-likeness (QED) is 0.809. The van der Waals surface area contributed by atoms with Gasteiger partial charge < -0.3 is 20.4 Å². The highest BCUT2D eigenvalue weighted by Crippen LogP contribution is 2.15. The highest BCUT2D eigenvalue weighted by Gasteiger charge is 2.25. The Morgan fingerprint density at radius 1 is 1.08 bits per heavy atom. The van der Waals surface area contributed by atoms with E-state index in [1.165, 1.54) is 5.69 Å². The second-order valence-electron chi connectivity index (χ2n) is 6.10. The number of carbonyl (C=O) groups excluding carboxylic acids is 2. The van der Waals surface area contributed by atoms with E-state index in [2.05, 4.69) is 27.7 Å². The van der Waals surface area contributed by atoms with E-state index in [0.717, 1.165) is 39.3 Å². The molecule has 0 radical (unpaired) electrons. The van der Waals surface area contributed by atoms with Crippen molar-refractivity contribution in [3.05, 3.63) is 30.3 Å². The first kappa shape index (κ1) is 18.5. The summed E-state index contributed by atoms with van der Waals surface area (Å²) in [6, 6.07) is 10.3. The van der Waals surface area contributed by atoms with Gasteiger partial charge >= 0.3 is 0 Å². The van der Waals surface area contributed by atoms with Gasteiger partial charge in [0.05, 0.1) is 5.92 Å². The van der Waals surface area contributed by atoms with E-state index < -0.39 is 0 Å². The summed E-state index contributed by atoms with van der Waals surface area (Å²) in [5, 5.41) is 5.92. The van der Waals surface area contributed by atoms with Crippen LogP contribution < -0.4 is 15.5 Å². The molecule has 3 rings (SSSR count). The van der Waals surface area contributed by atoms with Gasteiger partial charge in [0.15, 0.2) is 0 Å². The van der Waals surface area contributed by atoms with Gasteiger partial charge in [0.1, 0.15) is 0 Å². The zero-order chi connectivity index (χ0) is 16.1. The molecule has 0 saturated carbocycles. The standard InChI is InChI=1S/C17H24N4O2.ClH/c22-16(6-7-19-17(23)14-12-18-13-14)21-10-8-20(9-11-21)15-4-2-1-3-5-15;/h1-5,14,18H,6-13H2,(H,19,23);1H. The molecule has 0 bridgehead atoms. The summed E-state index contributed by atoms with van der Waals surface area (Å²) in [6.45, 7) is 5.14. The molecule has 1 aromatic carbocycles. The van der Waals surface area contributed by atoms with Crippen LogP contribution in [0.3, 0.4) is 0 Å². The average molecular weight is 353 g/mol. The number of carbonyl (C=O) groups is 2. The van der Waals surface area contributed by atoms with Crippen LogP contribution in [0.15, 0.2) is 30.3 Å². The first-order valence-electron chi connectivity index (χ1n) is 8.30. The Balaban J connectivity index is 0.00000208. The fourth-order valence-corrected chi connectivity index (χ4v) is 2.92. The molecule has 2 saturated heterocycles. The monoisotopic (exact) mass is 352 g/mol. The first-order valence-corrected chi connectivity index (χ1v) is 8.30. The van der Waals surface area contributed by atoms with Gasteiger partial charge in [0, 0.05) is 57.9 Å².